The van der Waals surface area contributed by atoms with Crippen LogP contribution in [0, 0.1) is 18.5 Å². The molecular weight excluding hydrogens is 196 g/mol. The molecule has 0 spiro atoms. The van der Waals surface area contributed by atoms with Gasteiger partial charge in [0.15, 0.2) is 0 Å². The minimum atomic E-state index is 0.594. The van der Waals surface area contributed by atoms with Crippen molar-refractivity contribution >= 4 is 12.2 Å². The fourth-order valence-corrected chi connectivity index (χ4v) is 1.60. The summed E-state index contributed by atoms with van der Waals surface area (Å²) >= 11 is 5.04. The monoisotopic (exact) mass is 206 g/mol. The van der Waals surface area contributed by atoms with Crippen LogP contribution in [-0.2, 0) is 0 Å². The number of furan rings is 1. The second kappa shape index (κ2) is 3.38. The molecular formula is C10H10N2OS. The van der Waals surface area contributed by atoms with E-state index >= 15 is 0 Å². The van der Waals surface area contributed by atoms with Crippen LogP contribution in [-0.4, -0.2) is 9.97 Å². The number of aromatic nitrogens is 2. The molecule has 0 saturated heterocycles. The molecule has 2 rings (SSSR count). The summed E-state index contributed by atoms with van der Waals surface area (Å²) in [6.07, 6.45) is 1.64. The molecule has 14 heavy (non-hydrogen) atoms. The average Bonchev–Trinajstić information content (AvgIpc) is 2.49. The van der Waals surface area contributed by atoms with Gasteiger partial charge in [-0.3, -0.25) is 0 Å². The Hall–Kier alpha value is -1.42. The number of rotatable bonds is 1. The van der Waals surface area contributed by atoms with Gasteiger partial charge in [-0.05, 0) is 26.0 Å². The molecule has 0 aliphatic rings. The Labute approximate surface area is 86.8 Å². The minimum absolute atomic E-state index is 0.594. The standard InChI is InChI=1S/C10H10N2OS/c1-6-5-9(14)12-10(11-6)8-3-4-13-7(8)2/h3-5H,1-2H3,(H,11,12,14). The zero-order valence-corrected chi connectivity index (χ0v) is 8.81. The lowest BCUT2D eigenvalue weighted by Crippen LogP contribution is -1.91. The number of H-pyrrole nitrogens is 1. The van der Waals surface area contributed by atoms with E-state index in [4.69, 9.17) is 16.6 Å². The second-order valence-electron chi connectivity index (χ2n) is 3.14. The molecule has 2 heterocycles. The Morgan fingerprint density at radius 2 is 2.21 bits per heavy atom. The van der Waals surface area contributed by atoms with Gasteiger partial charge in [-0.2, -0.15) is 0 Å². The SMILES string of the molecule is Cc1cc(=S)nc(-c2ccoc2C)[nH]1. The highest BCUT2D eigenvalue weighted by atomic mass is 32.1. The van der Waals surface area contributed by atoms with Gasteiger partial charge in [-0.15, -0.1) is 0 Å². The van der Waals surface area contributed by atoms with Gasteiger partial charge in [0, 0.05) is 5.69 Å². The molecule has 4 heteroatoms. The molecule has 72 valence electrons. The predicted molar refractivity (Wildman–Crippen MR) is 56.6 cm³/mol. The van der Waals surface area contributed by atoms with Crippen LogP contribution in [0.25, 0.3) is 11.4 Å². The number of hydrogen-bond donors (Lipinski definition) is 1. The van der Waals surface area contributed by atoms with Gasteiger partial charge < -0.3 is 9.40 Å². The lowest BCUT2D eigenvalue weighted by atomic mass is 10.2. The number of hydrogen-bond acceptors (Lipinski definition) is 3. The van der Waals surface area contributed by atoms with E-state index in [2.05, 4.69) is 9.97 Å². The highest BCUT2D eigenvalue weighted by Crippen LogP contribution is 2.20. The van der Waals surface area contributed by atoms with Crippen LogP contribution in [0.1, 0.15) is 11.5 Å². The van der Waals surface area contributed by atoms with Gasteiger partial charge in [-0.1, -0.05) is 12.2 Å². The Balaban J connectivity index is 2.63. The van der Waals surface area contributed by atoms with Crippen molar-refractivity contribution in [3.05, 3.63) is 34.5 Å². The van der Waals surface area contributed by atoms with E-state index in [0.29, 0.717) is 4.64 Å². The average molecular weight is 206 g/mol. The third kappa shape index (κ3) is 1.61. The van der Waals surface area contributed by atoms with E-state index in [1.807, 2.05) is 26.0 Å². The van der Waals surface area contributed by atoms with Crippen molar-refractivity contribution < 1.29 is 4.42 Å². The molecule has 3 nitrogen and oxygen atoms in total. The van der Waals surface area contributed by atoms with Crippen LogP contribution in [0.5, 0.6) is 0 Å². The molecule has 0 aliphatic heterocycles. The maximum absolute atomic E-state index is 5.20. The summed E-state index contributed by atoms with van der Waals surface area (Å²) in [6, 6.07) is 3.70. The van der Waals surface area contributed by atoms with E-state index in [0.717, 1.165) is 22.8 Å². The van der Waals surface area contributed by atoms with E-state index in [1.54, 1.807) is 6.26 Å². The maximum Gasteiger partial charge on any atom is 0.142 e. The predicted octanol–water partition coefficient (Wildman–Crippen LogP) is 3.02. The summed E-state index contributed by atoms with van der Waals surface area (Å²) in [5.41, 5.74) is 1.96. The maximum atomic E-state index is 5.20. The Kier molecular flexibility index (Phi) is 2.21. The Bertz CT molecular complexity index is 513. The lowest BCUT2D eigenvalue weighted by Gasteiger charge is -2.00. The number of nitrogens with zero attached hydrogens (tertiary/aromatic N) is 1. The molecule has 0 aliphatic carbocycles. The summed E-state index contributed by atoms with van der Waals surface area (Å²) in [7, 11) is 0. The van der Waals surface area contributed by atoms with Crippen LogP contribution < -0.4 is 0 Å². The molecule has 1 N–H and O–H groups in total. The van der Waals surface area contributed by atoms with Gasteiger partial charge in [0.05, 0.1) is 11.8 Å². The summed E-state index contributed by atoms with van der Waals surface area (Å²) in [6.45, 7) is 3.85. The van der Waals surface area contributed by atoms with Crippen LogP contribution in [0.15, 0.2) is 22.8 Å². The van der Waals surface area contributed by atoms with Crippen LogP contribution in [0.4, 0.5) is 0 Å². The number of nitrogens with one attached hydrogen (secondary N) is 1. The molecule has 0 unspecified atom stereocenters. The fraction of sp³-hybridized carbons (Fsp3) is 0.200. The van der Waals surface area contributed by atoms with Crippen molar-refractivity contribution in [2.75, 3.05) is 0 Å². The third-order valence-electron chi connectivity index (χ3n) is 1.99. The molecule has 0 aromatic carbocycles. The first-order chi connectivity index (χ1) is 6.66. The lowest BCUT2D eigenvalue weighted by molar-refractivity contribution is 0.535. The topological polar surface area (TPSA) is 41.8 Å². The van der Waals surface area contributed by atoms with Crippen molar-refractivity contribution in [3.63, 3.8) is 0 Å². The summed E-state index contributed by atoms with van der Waals surface area (Å²) in [4.78, 5) is 7.39. The molecule has 0 atom stereocenters. The first-order valence-corrected chi connectivity index (χ1v) is 4.70. The zero-order chi connectivity index (χ0) is 10.1. The van der Waals surface area contributed by atoms with Crippen LogP contribution in [0.2, 0.25) is 0 Å². The molecule has 2 aromatic heterocycles. The van der Waals surface area contributed by atoms with Crippen LogP contribution in [0.3, 0.4) is 0 Å². The summed E-state index contributed by atoms with van der Waals surface area (Å²) in [5, 5.41) is 0. The summed E-state index contributed by atoms with van der Waals surface area (Å²) < 4.78 is 5.80. The molecule has 2 aromatic rings. The Morgan fingerprint density at radius 3 is 2.79 bits per heavy atom. The Morgan fingerprint density at radius 1 is 1.43 bits per heavy atom. The molecule has 0 bridgehead atoms. The van der Waals surface area contributed by atoms with Crippen molar-refractivity contribution in [2.45, 2.75) is 13.8 Å². The molecule has 0 fully saturated rings. The fourth-order valence-electron chi connectivity index (χ4n) is 1.34. The van der Waals surface area contributed by atoms with E-state index < -0.39 is 0 Å². The third-order valence-corrected chi connectivity index (χ3v) is 2.20. The van der Waals surface area contributed by atoms with Crippen molar-refractivity contribution in [3.8, 4) is 11.4 Å². The highest BCUT2D eigenvalue weighted by molar-refractivity contribution is 7.71. The zero-order valence-electron chi connectivity index (χ0n) is 8.00. The highest BCUT2D eigenvalue weighted by Gasteiger charge is 2.06. The van der Waals surface area contributed by atoms with Crippen molar-refractivity contribution in [2.24, 2.45) is 0 Å². The van der Waals surface area contributed by atoms with Gasteiger partial charge >= 0.3 is 0 Å². The van der Waals surface area contributed by atoms with E-state index in [9.17, 15) is 0 Å². The van der Waals surface area contributed by atoms with Gasteiger partial charge in [0.25, 0.3) is 0 Å². The second-order valence-corrected chi connectivity index (χ2v) is 3.56. The first-order valence-electron chi connectivity index (χ1n) is 4.29. The first kappa shape index (κ1) is 9.15. The van der Waals surface area contributed by atoms with E-state index in [-0.39, 0.29) is 0 Å². The normalized spacial score (nSPS) is 10.4. The quantitative estimate of drug-likeness (QED) is 0.729. The molecule has 0 radical (unpaired) electrons. The van der Waals surface area contributed by atoms with Gasteiger partial charge in [0.2, 0.25) is 0 Å². The molecule has 0 amide bonds. The van der Waals surface area contributed by atoms with Crippen LogP contribution >= 0.6 is 12.2 Å². The molecule has 0 saturated carbocycles. The smallest absolute Gasteiger partial charge is 0.142 e. The summed E-state index contributed by atoms with van der Waals surface area (Å²) in [5.74, 6) is 1.61. The minimum Gasteiger partial charge on any atom is -0.469 e. The van der Waals surface area contributed by atoms with Crippen molar-refractivity contribution in [1.29, 1.82) is 0 Å². The number of aryl methyl sites for hydroxylation is 2. The van der Waals surface area contributed by atoms with Gasteiger partial charge in [0.1, 0.15) is 16.2 Å². The van der Waals surface area contributed by atoms with Gasteiger partial charge in [-0.25, -0.2) is 4.98 Å². The van der Waals surface area contributed by atoms with Crippen molar-refractivity contribution in [1.82, 2.24) is 9.97 Å². The largest absolute Gasteiger partial charge is 0.469 e. The van der Waals surface area contributed by atoms with E-state index in [1.165, 1.54) is 0 Å². The number of aromatic amines is 1.